The molecule has 0 aliphatic carbocycles. The lowest BCUT2D eigenvalue weighted by Crippen LogP contribution is -2.55. The molecule has 0 aliphatic rings. The summed E-state index contributed by atoms with van der Waals surface area (Å²) >= 11 is 0. The maximum atomic E-state index is 6.61. The topological polar surface area (TPSA) is 56.7 Å². The Morgan fingerprint density at radius 1 is 0.350 bits per heavy atom. The molecular formula is C45H18B10N4O. The van der Waals surface area contributed by atoms with Crippen molar-refractivity contribution in [2.24, 2.45) is 0 Å². The van der Waals surface area contributed by atoms with Gasteiger partial charge in [0, 0.05) is 50.0 Å². The molecule has 5 nitrogen and oxygen atoms in total. The van der Waals surface area contributed by atoms with Gasteiger partial charge < -0.3 is 8.98 Å². The van der Waals surface area contributed by atoms with E-state index in [9.17, 15) is 0 Å². The molecule has 0 saturated carbocycles. The average Bonchev–Trinajstić information content (AvgIpc) is 3.81. The number of furan rings is 1. The van der Waals surface area contributed by atoms with Gasteiger partial charge in [0.25, 0.3) is 0 Å². The Hall–Kier alpha value is -6.20. The van der Waals surface area contributed by atoms with Crippen LogP contribution in [0.3, 0.4) is 0 Å². The fourth-order valence-electron chi connectivity index (χ4n) is 8.01. The highest BCUT2D eigenvalue weighted by molar-refractivity contribution is 6.70. The number of fused-ring (bicyclic) bond motifs is 6. The van der Waals surface area contributed by atoms with Crippen LogP contribution in [-0.2, 0) is 0 Å². The minimum absolute atomic E-state index is 0.00658. The molecule has 254 valence electrons. The number of benzene rings is 7. The third-order valence-corrected chi connectivity index (χ3v) is 11.2. The van der Waals surface area contributed by atoms with E-state index < -0.39 is 0 Å². The van der Waals surface area contributed by atoms with Crippen LogP contribution >= 0.6 is 0 Å². The largest absolute Gasteiger partial charge is 0.456 e. The van der Waals surface area contributed by atoms with E-state index in [2.05, 4.69) is 77.4 Å². The summed E-state index contributed by atoms with van der Waals surface area (Å²) in [4.78, 5) is 14.3. The Labute approximate surface area is 359 Å². The van der Waals surface area contributed by atoms with Gasteiger partial charge in [-0.2, -0.15) is 0 Å². The minimum atomic E-state index is 0.00658. The average molecular weight is 739 g/mol. The zero-order chi connectivity index (χ0) is 41.7. The lowest BCUT2D eigenvalue weighted by atomic mass is 9.60. The standard InChI is InChI=1S/C45H18B10N4O/c46-33-31(34(47)38(51)41(54)37(33)50)44-56-43(57-45(58-44)32-35(48)39(52)42(55)40(53)36(32)49)21-11-14-25-26-15-12-22(18-30(26)60-29(25)17-21)59-27-9-5-4-8-23(27)24-13-10-20(16-28(24)59)19-6-2-1-3-7-19/h1-18H. The number of hydrogen-bond acceptors (Lipinski definition) is 4. The molecule has 0 spiro atoms. The summed E-state index contributed by atoms with van der Waals surface area (Å²) in [6.07, 6.45) is 0. The maximum Gasteiger partial charge on any atom is 0.164 e. The van der Waals surface area contributed by atoms with Gasteiger partial charge in [-0.3, -0.25) is 0 Å². The van der Waals surface area contributed by atoms with Crippen LogP contribution in [0.25, 0.3) is 94.7 Å². The molecule has 10 aromatic rings. The number of para-hydroxylation sites is 1. The van der Waals surface area contributed by atoms with Gasteiger partial charge in [-0.25, -0.2) is 15.0 Å². The summed E-state index contributed by atoms with van der Waals surface area (Å²) in [5.41, 5.74) is 7.63. The van der Waals surface area contributed by atoms with Gasteiger partial charge in [-0.1, -0.05) is 88.6 Å². The van der Waals surface area contributed by atoms with Crippen LogP contribution in [0.4, 0.5) is 0 Å². The summed E-state index contributed by atoms with van der Waals surface area (Å²) in [5.74, 6) is 0.192. The number of hydrogen-bond donors (Lipinski definition) is 0. The molecular weight excluding hydrogens is 721 g/mol. The van der Waals surface area contributed by atoms with E-state index in [-0.39, 0.29) is 83.2 Å². The van der Waals surface area contributed by atoms with E-state index in [1.807, 2.05) is 36.4 Å². The first kappa shape index (κ1) is 38.0. The Kier molecular flexibility index (Phi) is 9.02. The zero-order valence-corrected chi connectivity index (χ0v) is 31.9. The van der Waals surface area contributed by atoms with Crippen molar-refractivity contribution in [3.8, 4) is 51.0 Å². The molecule has 0 saturated heterocycles. The van der Waals surface area contributed by atoms with Gasteiger partial charge in [-0.05, 0) is 47.5 Å². The first-order valence-corrected chi connectivity index (χ1v) is 18.8. The number of rotatable bonds is 5. The number of nitrogens with zero attached hydrogens (tertiary/aromatic N) is 4. The van der Waals surface area contributed by atoms with Crippen molar-refractivity contribution in [1.82, 2.24) is 19.5 Å². The molecule has 0 fully saturated rings. The van der Waals surface area contributed by atoms with Crippen molar-refractivity contribution >= 4 is 177 Å². The molecule has 7 aromatic carbocycles. The third kappa shape index (κ3) is 5.80. The van der Waals surface area contributed by atoms with Gasteiger partial charge in [0.05, 0.1) is 11.0 Å². The third-order valence-electron chi connectivity index (χ3n) is 11.2. The van der Waals surface area contributed by atoms with Gasteiger partial charge in [0.1, 0.15) is 89.6 Å². The molecule has 0 atom stereocenters. The second-order valence-corrected chi connectivity index (χ2v) is 14.6. The fraction of sp³-hybridized carbons (Fsp3) is 0. The van der Waals surface area contributed by atoms with Crippen LogP contribution in [0.15, 0.2) is 114 Å². The van der Waals surface area contributed by atoms with Crippen LogP contribution in [0.5, 0.6) is 0 Å². The van der Waals surface area contributed by atoms with E-state index >= 15 is 0 Å². The van der Waals surface area contributed by atoms with E-state index in [4.69, 9.17) is 97.8 Å². The van der Waals surface area contributed by atoms with Crippen LogP contribution in [0.1, 0.15) is 0 Å². The van der Waals surface area contributed by atoms with Crippen molar-refractivity contribution in [1.29, 1.82) is 0 Å². The summed E-state index contributed by atoms with van der Waals surface area (Å²) in [7, 11) is 63.2. The lowest BCUT2D eigenvalue weighted by Gasteiger charge is -2.22. The van der Waals surface area contributed by atoms with Crippen LogP contribution in [0, 0.1) is 0 Å². The first-order valence-electron chi connectivity index (χ1n) is 18.8. The van der Waals surface area contributed by atoms with E-state index in [0.717, 1.165) is 49.4 Å². The zero-order valence-electron chi connectivity index (χ0n) is 31.9. The van der Waals surface area contributed by atoms with Crippen LogP contribution < -0.4 is 54.6 Å². The second kappa shape index (κ2) is 14.2. The molecule has 20 radical (unpaired) electrons. The Morgan fingerprint density at radius 2 is 0.817 bits per heavy atom. The normalized spacial score (nSPS) is 11.7. The molecule has 0 aliphatic heterocycles. The van der Waals surface area contributed by atoms with Crippen molar-refractivity contribution in [2.45, 2.75) is 0 Å². The van der Waals surface area contributed by atoms with Crippen molar-refractivity contribution in [3.63, 3.8) is 0 Å². The molecule has 10 rings (SSSR count). The van der Waals surface area contributed by atoms with Crippen molar-refractivity contribution in [2.75, 3.05) is 0 Å². The molecule has 0 bridgehead atoms. The molecule has 3 heterocycles. The summed E-state index contributed by atoms with van der Waals surface area (Å²) in [6, 6.07) is 37.2. The van der Waals surface area contributed by atoms with E-state index in [1.54, 1.807) is 0 Å². The Bertz CT molecular complexity index is 3310. The van der Waals surface area contributed by atoms with E-state index in [0.29, 0.717) is 16.7 Å². The molecule has 3 aromatic heterocycles. The highest BCUT2D eigenvalue weighted by atomic mass is 16.3. The quantitative estimate of drug-likeness (QED) is 0.223. The maximum absolute atomic E-state index is 6.61. The monoisotopic (exact) mass is 740 g/mol. The smallest absolute Gasteiger partial charge is 0.164 e. The van der Waals surface area contributed by atoms with Gasteiger partial charge in [0.2, 0.25) is 0 Å². The predicted octanol–water partition coefficient (Wildman–Crippen LogP) is -0.526. The molecule has 60 heavy (non-hydrogen) atoms. The first-order chi connectivity index (χ1) is 28.9. The van der Waals surface area contributed by atoms with Crippen LogP contribution in [-0.4, -0.2) is 98.0 Å². The highest BCUT2D eigenvalue weighted by Crippen LogP contribution is 2.38. The van der Waals surface area contributed by atoms with Gasteiger partial charge in [-0.15, -0.1) is 32.8 Å². The molecule has 15 heteroatoms. The Morgan fingerprint density at radius 3 is 1.43 bits per heavy atom. The lowest BCUT2D eigenvalue weighted by molar-refractivity contribution is 0.668. The highest BCUT2D eigenvalue weighted by Gasteiger charge is 2.22. The van der Waals surface area contributed by atoms with E-state index in [1.165, 1.54) is 0 Å². The second-order valence-electron chi connectivity index (χ2n) is 14.6. The van der Waals surface area contributed by atoms with Crippen LogP contribution in [0.2, 0.25) is 0 Å². The SMILES string of the molecule is [B]c1c([B])c([B])c(-c2nc(-c3ccc4c(c3)oc3cc(-n5c6ccccc6c6ccc(-c7ccccc7)cc65)ccc34)nc(-c3c([B])c([B])c([B])c([B])c3[B])n2)c([B])c1[B]. The summed E-state index contributed by atoms with van der Waals surface area (Å²) < 4.78 is 8.88. The molecule has 0 unspecified atom stereocenters. The number of aromatic nitrogens is 4. The van der Waals surface area contributed by atoms with Crippen molar-refractivity contribution < 1.29 is 4.42 Å². The minimum Gasteiger partial charge on any atom is -0.456 e. The summed E-state index contributed by atoms with van der Waals surface area (Å²) in [5, 5.41) is 4.10. The molecule has 0 N–H and O–H groups in total. The van der Waals surface area contributed by atoms with Crippen molar-refractivity contribution in [3.05, 3.63) is 109 Å². The Balaban J connectivity index is 1.15. The van der Waals surface area contributed by atoms with Gasteiger partial charge >= 0.3 is 0 Å². The molecule has 0 amide bonds. The van der Waals surface area contributed by atoms with Gasteiger partial charge in [0.15, 0.2) is 17.5 Å². The predicted molar refractivity (Wildman–Crippen MR) is 257 cm³/mol. The summed E-state index contributed by atoms with van der Waals surface area (Å²) in [6.45, 7) is 0. The fourth-order valence-corrected chi connectivity index (χ4v) is 8.01.